The molecule has 0 radical (unpaired) electrons. The Balaban J connectivity index is 1.39. The molecule has 1 aliphatic heterocycles. The predicted molar refractivity (Wildman–Crippen MR) is 105 cm³/mol. The van der Waals surface area contributed by atoms with Gasteiger partial charge in [0.1, 0.15) is 23.3 Å². The summed E-state index contributed by atoms with van der Waals surface area (Å²) in [4.78, 5) is 23.3. The van der Waals surface area contributed by atoms with E-state index >= 15 is 0 Å². The van der Waals surface area contributed by atoms with Crippen molar-refractivity contribution in [2.75, 3.05) is 17.3 Å². The first kappa shape index (κ1) is 17.8. The van der Waals surface area contributed by atoms with Gasteiger partial charge in [0.05, 0.1) is 11.8 Å². The Morgan fingerprint density at radius 2 is 1.89 bits per heavy atom. The number of hydrogen-bond donors (Lipinski definition) is 1. The van der Waals surface area contributed by atoms with E-state index in [2.05, 4.69) is 29.4 Å². The van der Waals surface area contributed by atoms with E-state index in [0.717, 1.165) is 48.0 Å². The average molecular weight is 366 g/mol. The number of carbonyl (C=O) groups excluding carboxylic acids is 1. The van der Waals surface area contributed by atoms with Crippen LogP contribution in [0.5, 0.6) is 5.75 Å². The maximum Gasteiger partial charge on any atom is 0.246 e. The molecule has 6 heteroatoms. The number of likely N-dealkylation sites (N-methyl/N-ethyl adjacent to an activating group) is 1. The molecule has 142 valence electrons. The van der Waals surface area contributed by atoms with Crippen LogP contribution in [0.25, 0.3) is 0 Å². The summed E-state index contributed by atoms with van der Waals surface area (Å²) in [5, 5.41) is 2.93. The van der Waals surface area contributed by atoms with E-state index in [-0.39, 0.29) is 18.1 Å². The monoisotopic (exact) mass is 366 g/mol. The van der Waals surface area contributed by atoms with Crippen LogP contribution in [-0.4, -0.2) is 35.1 Å². The molecular formula is C21H26N4O2. The lowest BCUT2D eigenvalue weighted by molar-refractivity contribution is -0.117. The predicted octanol–water partition coefficient (Wildman–Crippen LogP) is 3.27. The maximum atomic E-state index is 12.0. The number of anilines is 2. The second-order valence-electron chi connectivity index (χ2n) is 7.79. The minimum Gasteiger partial charge on any atom is -0.490 e. The summed E-state index contributed by atoms with van der Waals surface area (Å²) < 4.78 is 6.03. The van der Waals surface area contributed by atoms with E-state index in [1.165, 1.54) is 5.56 Å². The molecule has 1 amide bonds. The fraction of sp³-hybridized carbons (Fsp3) is 0.476. The highest BCUT2D eigenvalue weighted by Gasteiger charge is 2.34. The van der Waals surface area contributed by atoms with Crippen molar-refractivity contribution < 1.29 is 9.53 Å². The van der Waals surface area contributed by atoms with Gasteiger partial charge in [-0.25, -0.2) is 9.97 Å². The van der Waals surface area contributed by atoms with Gasteiger partial charge in [-0.05, 0) is 51.7 Å². The molecule has 1 fully saturated rings. The Bertz CT molecular complexity index is 859. The minimum absolute atomic E-state index is 0.0143. The Morgan fingerprint density at radius 1 is 1.19 bits per heavy atom. The fourth-order valence-corrected chi connectivity index (χ4v) is 3.70. The van der Waals surface area contributed by atoms with Crippen LogP contribution in [0.2, 0.25) is 0 Å². The standard InChI is InChI=1S/C21H26N4O2/c1-12-5-7-16(8-6-12)27-17-9-15(10-17)11-18-22-13(2)19-20(23-18)25(4)14(3)21(26)24-19/h5-8,14-15,17H,9-11H2,1-4H3,(H,24,26)/t14-,15?,17?/m0/s1. The summed E-state index contributed by atoms with van der Waals surface area (Å²) in [5.74, 6) is 3.13. The Hall–Kier alpha value is -2.63. The summed E-state index contributed by atoms with van der Waals surface area (Å²) in [6.45, 7) is 5.89. The zero-order valence-corrected chi connectivity index (χ0v) is 16.3. The molecular weight excluding hydrogens is 340 g/mol. The van der Waals surface area contributed by atoms with Crippen LogP contribution in [0, 0.1) is 19.8 Å². The molecule has 1 saturated carbocycles. The maximum absolute atomic E-state index is 12.0. The van der Waals surface area contributed by atoms with Crippen molar-refractivity contribution in [2.45, 2.75) is 52.2 Å². The minimum atomic E-state index is -0.226. The molecule has 1 aromatic carbocycles. The van der Waals surface area contributed by atoms with Gasteiger partial charge in [-0.2, -0.15) is 0 Å². The van der Waals surface area contributed by atoms with E-state index in [4.69, 9.17) is 9.72 Å². The topological polar surface area (TPSA) is 67.4 Å². The van der Waals surface area contributed by atoms with Crippen LogP contribution in [-0.2, 0) is 11.2 Å². The first-order valence-corrected chi connectivity index (χ1v) is 9.55. The number of aromatic nitrogens is 2. The van der Waals surface area contributed by atoms with Crippen LogP contribution in [0.15, 0.2) is 24.3 Å². The highest BCUT2D eigenvalue weighted by Crippen LogP contribution is 2.35. The van der Waals surface area contributed by atoms with Gasteiger partial charge < -0.3 is 15.0 Å². The summed E-state index contributed by atoms with van der Waals surface area (Å²) in [5.41, 5.74) is 2.80. The Kier molecular flexibility index (Phi) is 4.50. The normalized spacial score (nSPS) is 24.1. The van der Waals surface area contributed by atoms with Crippen molar-refractivity contribution in [1.82, 2.24) is 9.97 Å². The van der Waals surface area contributed by atoms with Crippen LogP contribution in [0.4, 0.5) is 11.5 Å². The number of nitrogens with zero attached hydrogens (tertiary/aromatic N) is 3. The lowest BCUT2D eigenvalue weighted by atomic mass is 9.80. The molecule has 0 bridgehead atoms. The number of nitrogens with one attached hydrogen (secondary N) is 1. The first-order chi connectivity index (χ1) is 12.9. The van der Waals surface area contributed by atoms with Gasteiger partial charge in [0, 0.05) is 13.5 Å². The summed E-state index contributed by atoms with van der Waals surface area (Å²) in [6.07, 6.45) is 3.17. The number of ether oxygens (including phenoxy) is 1. The number of benzene rings is 1. The highest BCUT2D eigenvalue weighted by molar-refractivity contribution is 6.02. The number of rotatable bonds is 4. The van der Waals surface area contributed by atoms with Gasteiger partial charge in [-0.1, -0.05) is 17.7 Å². The van der Waals surface area contributed by atoms with Crippen molar-refractivity contribution in [3.05, 3.63) is 41.3 Å². The van der Waals surface area contributed by atoms with E-state index in [9.17, 15) is 4.79 Å². The van der Waals surface area contributed by atoms with Crippen LogP contribution in [0.1, 0.15) is 36.8 Å². The molecule has 1 aliphatic carbocycles. The third-order valence-electron chi connectivity index (χ3n) is 5.65. The molecule has 1 atom stereocenters. The van der Waals surface area contributed by atoms with Crippen molar-refractivity contribution in [3.8, 4) is 5.75 Å². The van der Waals surface area contributed by atoms with Crippen LogP contribution < -0.4 is 15.0 Å². The summed E-state index contributed by atoms with van der Waals surface area (Å²) in [6, 6.07) is 7.99. The third-order valence-corrected chi connectivity index (χ3v) is 5.65. The molecule has 1 N–H and O–H groups in total. The van der Waals surface area contributed by atoms with E-state index in [1.54, 1.807) is 0 Å². The molecule has 2 aromatic rings. The molecule has 27 heavy (non-hydrogen) atoms. The van der Waals surface area contributed by atoms with Crippen LogP contribution in [0.3, 0.4) is 0 Å². The number of aryl methyl sites for hydroxylation is 2. The largest absolute Gasteiger partial charge is 0.490 e. The molecule has 2 aliphatic rings. The van der Waals surface area contributed by atoms with Crippen molar-refractivity contribution >= 4 is 17.4 Å². The quantitative estimate of drug-likeness (QED) is 0.899. The van der Waals surface area contributed by atoms with Crippen molar-refractivity contribution in [2.24, 2.45) is 5.92 Å². The summed E-state index contributed by atoms with van der Waals surface area (Å²) >= 11 is 0. The van der Waals surface area contributed by atoms with Gasteiger partial charge >= 0.3 is 0 Å². The smallest absolute Gasteiger partial charge is 0.246 e. The second-order valence-corrected chi connectivity index (χ2v) is 7.79. The van der Waals surface area contributed by atoms with Gasteiger partial charge in [-0.3, -0.25) is 4.79 Å². The van der Waals surface area contributed by atoms with Crippen molar-refractivity contribution in [1.29, 1.82) is 0 Å². The van der Waals surface area contributed by atoms with Crippen LogP contribution >= 0.6 is 0 Å². The Morgan fingerprint density at radius 3 is 2.59 bits per heavy atom. The number of fused-ring (bicyclic) bond motifs is 1. The first-order valence-electron chi connectivity index (χ1n) is 9.55. The van der Waals surface area contributed by atoms with Crippen molar-refractivity contribution in [3.63, 3.8) is 0 Å². The highest BCUT2D eigenvalue weighted by atomic mass is 16.5. The zero-order valence-electron chi connectivity index (χ0n) is 16.3. The van der Waals surface area contributed by atoms with E-state index in [1.807, 2.05) is 37.9 Å². The Labute approximate surface area is 160 Å². The van der Waals surface area contributed by atoms with Gasteiger partial charge in [-0.15, -0.1) is 0 Å². The van der Waals surface area contributed by atoms with Gasteiger partial charge in [0.2, 0.25) is 5.91 Å². The number of carbonyl (C=O) groups is 1. The zero-order chi connectivity index (χ0) is 19.1. The summed E-state index contributed by atoms with van der Waals surface area (Å²) in [7, 11) is 1.91. The molecule has 0 spiro atoms. The number of hydrogen-bond acceptors (Lipinski definition) is 5. The molecule has 4 rings (SSSR count). The molecule has 1 aromatic heterocycles. The lowest BCUT2D eigenvalue weighted by Gasteiger charge is -2.36. The fourth-order valence-electron chi connectivity index (χ4n) is 3.70. The average Bonchev–Trinajstić information content (AvgIpc) is 2.61. The van der Waals surface area contributed by atoms with E-state index in [0.29, 0.717) is 5.92 Å². The SMILES string of the molecule is Cc1ccc(OC2CC(Cc3nc(C)c4c(n3)N(C)[C@@H](C)C(=O)N4)C2)cc1. The molecule has 0 saturated heterocycles. The van der Waals surface area contributed by atoms with Gasteiger partial charge in [0.25, 0.3) is 0 Å². The lowest BCUT2D eigenvalue weighted by Crippen LogP contribution is -2.45. The number of amides is 1. The van der Waals surface area contributed by atoms with E-state index < -0.39 is 0 Å². The van der Waals surface area contributed by atoms with Gasteiger partial charge in [0.15, 0.2) is 5.82 Å². The third kappa shape index (κ3) is 3.48. The molecule has 0 unspecified atom stereocenters. The molecule has 6 nitrogen and oxygen atoms in total. The second kappa shape index (κ2) is 6.83. The molecule has 2 heterocycles.